The summed E-state index contributed by atoms with van der Waals surface area (Å²) in [5.74, 6) is -0.594. The van der Waals surface area contributed by atoms with Crippen LogP contribution in [0.4, 0.5) is 0 Å². The summed E-state index contributed by atoms with van der Waals surface area (Å²) in [4.78, 5) is 23.4. The number of hydrogen-bond donors (Lipinski definition) is 1. The van der Waals surface area contributed by atoms with E-state index in [1.165, 1.54) is 33.3 Å². The molecule has 1 atom stereocenters. The van der Waals surface area contributed by atoms with Crippen LogP contribution < -0.4 is 14.2 Å². The Bertz CT molecular complexity index is 514. The van der Waals surface area contributed by atoms with Gasteiger partial charge in [-0.25, -0.2) is 4.79 Å². The standard InChI is InChI=1S/C15H20O7/c1-5-21-14(17)15(2,18)9-13(16)22-12-7-10(19-3)6-11(8-12)20-4/h6-8,18H,5,9H2,1-4H3. The molecule has 0 aliphatic rings. The Morgan fingerprint density at radius 3 is 2.05 bits per heavy atom. The van der Waals surface area contributed by atoms with Gasteiger partial charge in [0.2, 0.25) is 0 Å². The van der Waals surface area contributed by atoms with Crippen molar-refractivity contribution in [2.24, 2.45) is 0 Å². The maximum Gasteiger partial charge on any atom is 0.338 e. The Morgan fingerprint density at radius 2 is 1.59 bits per heavy atom. The summed E-state index contributed by atoms with van der Waals surface area (Å²) in [5, 5.41) is 9.94. The van der Waals surface area contributed by atoms with Gasteiger partial charge in [-0.2, -0.15) is 0 Å². The molecule has 7 heteroatoms. The van der Waals surface area contributed by atoms with Gasteiger partial charge in [-0.05, 0) is 13.8 Å². The molecule has 0 spiro atoms. The van der Waals surface area contributed by atoms with Crippen LogP contribution in [0.5, 0.6) is 17.2 Å². The first-order valence-corrected chi connectivity index (χ1v) is 6.65. The van der Waals surface area contributed by atoms with Gasteiger partial charge in [0, 0.05) is 18.2 Å². The highest BCUT2D eigenvalue weighted by atomic mass is 16.6. The topological polar surface area (TPSA) is 91.3 Å². The number of hydrogen-bond acceptors (Lipinski definition) is 7. The van der Waals surface area contributed by atoms with E-state index in [0.29, 0.717) is 11.5 Å². The summed E-state index contributed by atoms with van der Waals surface area (Å²) >= 11 is 0. The highest BCUT2D eigenvalue weighted by Gasteiger charge is 2.35. The molecule has 0 aliphatic heterocycles. The van der Waals surface area contributed by atoms with Crippen LogP contribution in [0.2, 0.25) is 0 Å². The van der Waals surface area contributed by atoms with Crippen molar-refractivity contribution in [3.63, 3.8) is 0 Å². The maximum atomic E-state index is 11.9. The Morgan fingerprint density at radius 1 is 1.09 bits per heavy atom. The van der Waals surface area contributed by atoms with E-state index in [4.69, 9.17) is 18.9 Å². The SMILES string of the molecule is CCOC(=O)C(C)(O)CC(=O)Oc1cc(OC)cc(OC)c1. The summed E-state index contributed by atoms with van der Waals surface area (Å²) < 4.78 is 19.9. The summed E-state index contributed by atoms with van der Waals surface area (Å²) in [5.41, 5.74) is -1.95. The first-order valence-electron chi connectivity index (χ1n) is 6.65. The van der Waals surface area contributed by atoms with Gasteiger partial charge in [0.15, 0.2) is 5.60 Å². The van der Waals surface area contributed by atoms with E-state index in [1.807, 2.05) is 0 Å². The predicted octanol–water partition coefficient (Wildman–Crippen LogP) is 1.31. The fraction of sp³-hybridized carbons (Fsp3) is 0.467. The Labute approximate surface area is 128 Å². The van der Waals surface area contributed by atoms with Crippen LogP contribution >= 0.6 is 0 Å². The number of ether oxygens (including phenoxy) is 4. The molecule has 1 aromatic carbocycles. The zero-order valence-corrected chi connectivity index (χ0v) is 13.0. The molecule has 0 fully saturated rings. The fourth-order valence-electron chi connectivity index (χ4n) is 1.65. The molecule has 22 heavy (non-hydrogen) atoms. The van der Waals surface area contributed by atoms with Gasteiger partial charge in [0.1, 0.15) is 17.2 Å². The number of carbonyl (C=O) groups is 2. The molecule has 0 bridgehead atoms. The first-order chi connectivity index (χ1) is 10.3. The molecule has 0 saturated heterocycles. The minimum absolute atomic E-state index is 0.108. The van der Waals surface area contributed by atoms with Crippen LogP contribution in [0.3, 0.4) is 0 Å². The molecule has 0 amide bonds. The van der Waals surface area contributed by atoms with E-state index in [-0.39, 0.29) is 12.4 Å². The molecule has 1 unspecified atom stereocenters. The second-order valence-electron chi connectivity index (χ2n) is 4.69. The van der Waals surface area contributed by atoms with E-state index < -0.39 is 24.0 Å². The smallest absolute Gasteiger partial charge is 0.338 e. The van der Waals surface area contributed by atoms with Gasteiger partial charge >= 0.3 is 11.9 Å². The average Bonchev–Trinajstić information content (AvgIpc) is 2.46. The second-order valence-corrected chi connectivity index (χ2v) is 4.69. The number of carbonyl (C=O) groups excluding carboxylic acids is 2. The molecule has 0 radical (unpaired) electrons. The van der Waals surface area contributed by atoms with E-state index in [1.54, 1.807) is 13.0 Å². The first kappa shape index (κ1) is 17.8. The summed E-state index contributed by atoms with van der Waals surface area (Å²) in [7, 11) is 2.93. The van der Waals surface area contributed by atoms with Gasteiger partial charge in [0.05, 0.1) is 27.2 Å². The number of esters is 2. The van der Waals surface area contributed by atoms with Crippen molar-refractivity contribution in [3.05, 3.63) is 18.2 Å². The van der Waals surface area contributed by atoms with E-state index in [9.17, 15) is 14.7 Å². The third kappa shape index (κ3) is 4.92. The quantitative estimate of drug-likeness (QED) is 0.599. The normalized spacial score (nSPS) is 13.0. The molecule has 7 nitrogen and oxygen atoms in total. The number of methoxy groups -OCH3 is 2. The van der Waals surface area contributed by atoms with Crippen LogP contribution in [0, 0.1) is 0 Å². The van der Waals surface area contributed by atoms with Gasteiger partial charge in [-0.3, -0.25) is 4.79 Å². The van der Waals surface area contributed by atoms with E-state index >= 15 is 0 Å². The van der Waals surface area contributed by atoms with Gasteiger partial charge in [-0.15, -0.1) is 0 Å². The lowest BCUT2D eigenvalue weighted by atomic mass is 10.0. The number of aliphatic hydroxyl groups is 1. The molecule has 0 saturated carbocycles. The van der Waals surface area contributed by atoms with Crippen molar-refractivity contribution in [2.45, 2.75) is 25.9 Å². The average molecular weight is 312 g/mol. The molecule has 0 aliphatic carbocycles. The largest absolute Gasteiger partial charge is 0.496 e. The minimum atomic E-state index is -1.95. The molecule has 1 aromatic rings. The highest BCUT2D eigenvalue weighted by Crippen LogP contribution is 2.28. The van der Waals surface area contributed by atoms with Crippen molar-refractivity contribution >= 4 is 11.9 Å². The van der Waals surface area contributed by atoms with E-state index in [2.05, 4.69) is 0 Å². The Kier molecular flexibility index (Phi) is 6.18. The van der Waals surface area contributed by atoms with Crippen LogP contribution in [0.15, 0.2) is 18.2 Å². The monoisotopic (exact) mass is 312 g/mol. The van der Waals surface area contributed by atoms with Crippen LogP contribution in [0.1, 0.15) is 20.3 Å². The third-order valence-electron chi connectivity index (χ3n) is 2.76. The Hall–Kier alpha value is -2.28. The summed E-state index contributed by atoms with van der Waals surface area (Å²) in [6.07, 6.45) is -0.536. The molecular formula is C15H20O7. The van der Waals surface area contributed by atoms with Crippen LogP contribution in [0.25, 0.3) is 0 Å². The van der Waals surface area contributed by atoms with Crippen LogP contribution in [-0.4, -0.2) is 43.5 Å². The summed E-state index contributed by atoms with van der Waals surface area (Å²) in [6, 6.07) is 4.59. The lowest BCUT2D eigenvalue weighted by Gasteiger charge is -2.19. The minimum Gasteiger partial charge on any atom is -0.496 e. The van der Waals surface area contributed by atoms with Crippen molar-refractivity contribution in [2.75, 3.05) is 20.8 Å². The third-order valence-corrected chi connectivity index (χ3v) is 2.76. The second kappa shape index (κ2) is 7.65. The molecule has 1 N–H and O–H groups in total. The van der Waals surface area contributed by atoms with Crippen molar-refractivity contribution in [1.82, 2.24) is 0 Å². The zero-order chi connectivity index (χ0) is 16.8. The Balaban J connectivity index is 2.78. The summed E-state index contributed by atoms with van der Waals surface area (Å²) in [6.45, 7) is 2.91. The van der Waals surface area contributed by atoms with Gasteiger partial charge in [-0.1, -0.05) is 0 Å². The molecule has 0 heterocycles. The van der Waals surface area contributed by atoms with Crippen molar-refractivity contribution < 1.29 is 33.6 Å². The number of rotatable bonds is 7. The fourth-order valence-corrected chi connectivity index (χ4v) is 1.65. The van der Waals surface area contributed by atoms with Crippen molar-refractivity contribution in [1.29, 1.82) is 0 Å². The van der Waals surface area contributed by atoms with Crippen molar-refractivity contribution in [3.8, 4) is 17.2 Å². The van der Waals surface area contributed by atoms with Gasteiger partial charge < -0.3 is 24.1 Å². The van der Waals surface area contributed by atoms with Crippen LogP contribution in [-0.2, 0) is 14.3 Å². The maximum absolute atomic E-state index is 11.9. The predicted molar refractivity (Wildman–Crippen MR) is 77.1 cm³/mol. The molecule has 122 valence electrons. The lowest BCUT2D eigenvalue weighted by molar-refractivity contribution is -0.167. The lowest BCUT2D eigenvalue weighted by Crippen LogP contribution is -2.40. The number of benzene rings is 1. The molecular weight excluding hydrogens is 292 g/mol. The molecule has 1 rings (SSSR count). The van der Waals surface area contributed by atoms with Gasteiger partial charge in [0.25, 0.3) is 0 Å². The molecule has 0 aromatic heterocycles. The highest BCUT2D eigenvalue weighted by molar-refractivity contribution is 5.86. The van der Waals surface area contributed by atoms with E-state index in [0.717, 1.165) is 0 Å². The zero-order valence-electron chi connectivity index (χ0n) is 13.0.